The van der Waals surface area contributed by atoms with Crippen molar-refractivity contribution in [2.24, 2.45) is 0 Å². The van der Waals surface area contributed by atoms with E-state index in [1.165, 1.54) is 12.4 Å². The summed E-state index contributed by atoms with van der Waals surface area (Å²) < 4.78 is 0. The maximum Gasteiger partial charge on any atom is 0.324 e. The molecule has 1 aromatic rings. The van der Waals surface area contributed by atoms with Crippen LogP contribution in [0.4, 0.5) is 4.79 Å². The predicted octanol–water partition coefficient (Wildman–Crippen LogP) is -0.637. The van der Waals surface area contributed by atoms with Gasteiger partial charge in [-0.1, -0.05) is 0 Å². The molecule has 94 valence electrons. The van der Waals surface area contributed by atoms with Gasteiger partial charge in [0.15, 0.2) is 0 Å². The molecule has 1 aliphatic rings. The van der Waals surface area contributed by atoms with E-state index >= 15 is 0 Å². The highest BCUT2D eigenvalue weighted by Gasteiger charge is 2.27. The van der Waals surface area contributed by atoms with Crippen molar-refractivity contribution in [2.75, 3.05) is 19.6 Å². The number of urea groups is 1. The molecular formula is C11H12N4O3. The van der Waals surface area contributed by atoms with Gasteiger partial charge in [0, 0.05) is 31.0 Å². The monoisotopic (exact) mass is 248 g/mol. The Morgan fingerprint density at radius 2 is 2.11 bits per heavy atom. The molecule has 1 fully saturated rings. The van der Waals surface area contributed by atoms with Crippen LogP contribution in [0.1, 0.15) is 10.4 Å². The quantitative estimate of drug-likeness (QED) is 0.693. The molecule has 2 N–H and O–H groups in total. The third-order valence-corrected chi connectivity index (χ3v) is 2.50. The Labute approximate surface area is 103 Å². The minimum absolute atomic E-state index is 0.0249. The number of nitrogens with zero attached hydrogens (tertiary/aromatic N) is 2. The average Bonchev–Trinajstić information content (AvgIpc) is 2.71. The minimum Gasteiger partial charge on any atom is -0.350 e. The minimum atomic E-state index is -0.418. The summed E-state index contributed by atoms with van der Waals surface area (Å²) >= 11 is 0. The van der Waals surface area contributed by atoms with Crippen LogP contribution >= 0.6 is 0 Å². The van der Waals surface area contributed by atoms with Crippen LogP contribution in [0.5, 0.6) is 0 Å². The van der Waals surface area contributed by atoms with Crippen LogP contribution in [0.2, 0.25) is 0 Å². The molecule has 0 aliphatic carbocycles. The molecule has 0 saturated carbocycles. The maximum absolute atomic E-state index is 11.6. The molecule has 0 unspecified atom stereocenters. The Morgan fingerprint density at radius 1 is 1.39 bits per heavy atom. The fraction of sp³-hybridized carbons (Fsp3) is 0.273. The van der Waals surface area contributed by atoms with E-state index in [0.29, 0.717) is 5.56 Å². The average molecular weight is 248 g/mol. The van der Waals surface area contributed by atoms with Crippen LogP contribution in [0.25, 0.3) is 0 Å². The van der Waals surface area contributed by atoms with Gasteiger partial charge in [-0.05, 0) is 12.1 Å². The van der Waals surface area contributed by atoms with Gasteiger partial charge in [0.1, 0.15) is 0 Å². The number of amides is 4. The van der Waals surface area contributed by atoms with Gasteiger partial charge in [0.2, 0.25) is 5.91 Å². The Morgan fingerprint density at radius 3 is 2.72 bits per heavy atom. The number of rotatable bonds is 4. The largest absolute Gasteiger partial charge is 0.350 e. The second-order valence-electron chi connectivity index (χ2n) is 3.70. The van der Waals surface area contributed by atoms with Crippen molar-refractivity contribution in [1.82, 2.24) is 20.5 Å². The fourth-order valence-corrected chi connectivity index (χ4v) is 1.57. The van der Waals surface area contributed by atoms with Crippen molar-refractivity contribution in [1.29, 1.82) is 0 Å². The van der Waals surface area contributed by atoms with Crippen molar-refractivity contribution in [2.45, 2.75) is 0 Å². The van der Waals surface area contributed by atoms with Gasteiger partial charge < -0.3 is 10.6 Å². The zero-order chi connectivity index (χ0) is 13.0. The molecular weight excluding hydrogens is 236 g/mol. The van der Waals surface area contributed by atoms with Crippen LogP contribution in [0.15, 0.2) is 24.5 Å². The molecule has 4 amide bonds. The third kappa shape index (κ3) is 2.62. The fourth-order valence-electron chi connectivity index (χ4n) is 1.57. The first kappa shape index (κ1) is 12.0. The lowest BCUT2D eigenvalue weighted by Crippen LogP contribution is -2.38. The first-order valence-corrected chi connectivity index (χ1v) is 5.45. The molecule has 0 aromatic carbocycles. The molecule has 0 atom stereocenters. The van der Waals surface area contributed by atoms with Crippen molar-refractivity contribution in [3.05, 3.63) is 30.1 Å². The van der Waals surface area contributed by atoms with Crippen molar-refractivity contribution >= 4 is 17.8 Å². The predicted molar refractivity (Wildman–Crippen MR) is 61.7 cm³/mol. The summed E-state index contributed by atoms with van der Waals surface area (Å²) in [5.41, 5.74) is 0.488. The summed E-state index contributed by atoms with van der Waals surface area (Å²) in [6, 6.07) is 2.75. The first-order valence-electron chi connectivity index (χ1n) is 5.45. The zero-order valence-corrected chi connectivity index (χ0v) is 9.55. The number of imide groups is 1. The lowest BCUT2D eigenvalue weighted by atomic mass is 10.2. The summed E-state index contributed by atoms with van der Waals surface area (Å²) in [7, 11) is 0. The highest BCUT2D eigenvalue weighted by molar-refractivity contribution is 6.02. The van der Waals surface area contributed by atoms with Gasteiger partial charge in [-0.15, -0.1) is 0 Å². The van der Waals surface area contributed by atoms with E-state index < -0.39 is 6.03 Å². The van der Waals surface area contributed by atoms with Crippen LogP contribution in [-0.4, -0.2) is 47.4 Å². The molecule has 7 heteroatoms. The van der Waals surface area contributed by atoms with E-state index in [1.54, 1.807) is 12.1 Å². The van der Waals surface area contributed by atoms with E-state index in [4.69, 9.17) is 0 Å². The van der Waals surface area contributed by atoms with Gasteiger partial charge in [0.25, 0.3) is 5.91 Å². The number of carbonyl (C=O) groups excluding carboxylic acids is 3. The lowest BCUT2D eigenvalue weighted by molar-refractivity contribution is -0.124. The van der Waals surface area contributed by atoms with Gasteiger partial charge in [-0.2, -0.15) is 0 Å². The number of carbonyl (C=O) groups is 3. The maximum atomic E-state index is 11.6. The summed E-state index contributed by atoms with van der Waals surface area (Å²) in [6.45, 7) is 0.416. The van der Waals surface area contributed by atoms with E-state index in [2.05, 4.69) is 15.6 Å². The van der Waals surface area contributed by atoms with Crippen molar-refractivity contribution < 1.29 is 14.4 Å². The van der Waals surface area contributed by atoms with E-state index in [0.717, 1.165) is 4.90 Å². The standard InChI is InChI=1S/C11H12N4O3/c16-9-7-14-11(18)15(9)6-5-13-10(17)8-1-3-12-4-2-8/h1-4H,5-7H2,(H,13,17)(H,14,18). The number of hydrogen-bond donors (Lipinski definition) is 2. The van der Waals surface area contributed by atoms with Gasteiger partial charge >= 0.3 is 6.03 Å². The van der Waals surface area contributed by atoms with Crippen molar-refractivity contribution in [3.8, 4) is 0 Å². The number of pyridine rings is 1. The smallest absolute Gasteiger partial charge is 0.324 e. The molecule has 1 aliphatic heterocycles. The van der Waals surface area contributed by atoms with E-state index in [-0.39, 0.29) is 31.4 Å². The topological polar surface area (TPSA) is 91.4 Å². The molecule has 0 radical (unpaired) electrons. The Balaban J connectivity index is 1.81. The van der Waals surface area contributed by atoms with Gasteiger partial charge in [-0.3, -0.25) is 19.5 Å². The van der Waals surface area contributed by atoms with Gasteiger partial charge in [-0.25, -0.2) is 4.79 Å². The zero-order valence-electron chi connectivity index (χ0n) is 9.55. The summed E-state index contributed by atoms with van der Waals surface area (Å²) in [6.07, 6.45) is 3.04. The SMILES string of the molecule is O=C(NCCN1C(=O)CNC1=O)c1ccncc1. The molecule has 0 spiro atoms. The number of aromatic nitrogens is 1. The molecule has 2 heterocycles. The summed E-state index contributed by atoms with van der Waals surface area (Å²) in [4.78, 5) is 39.0. The molecule has 7 nitrogen and oxygen atoms in total. The Bertz CT molecular complexity index is 458. The number of hydrogen-bond acceptors (Lipinski definition) is 4. The highest BCUT2D eigenvalue weighted by Crippen LogP contribution is 1.98. The van der Waals surface area contributed by atoms with Gasteiger partial charge in [0.05, 0.1) is 6.54 Å². The van der Waals surface area contributed by atoms with Crippen LogP contribution in [-0.2, 0) is 4.79 Å². The van der Waals surface area contributed by atoms with Crippen LogP contribution in [0.3, 0.4) is 0 Å². The summed E-state index contributed by atoms with van der Waals surface area (Å²) in [5.74, 6) is -0.539. The second-order valence-corrected chi connectivity index (χ2v) is 3.70. The Kier molecular flexibility index (Phi) is 3.52. The van der Waals surface area contributed by atoms with Crippen LogP contribution < -0.4 is 10.6 Å². The molecule has 1 aromatic heterocycles. The van der Waals surface area contributed by atoms with Crippen molar-refractivity contribution in [3.63, 3.8) is 0 Å². The molecule has 0 bridgehead atoms. The summed E-state index contributed by atoms with van der Waals surface area (Å²) in [5, 5.41) is 5.03. The highest BCUT2D eigenvalue weighted by atomic mass is 16.2. The second kappa shape index (κ2) is 5.26. The first-order chi connectivity index (χ1) is 8.68. The number of nitrogens with one attached hydrogen (secondary N) is 2. The normalized spacial score (nSPS) is 14.6. The molecule has 18 heavy (non-hydrogen) atoms. The van der Waals surface area contributed by atoms with Crippen LogP contribution in [0, 0.1) is 0 Å². The van der Waals surface area contributed by atoms with E-state index in [1.807, 2.05) is 0 Å². The third-order valence-electron chi connectivity index (χ3n) is 2.50. The molecule has 1 saturated heterocycles. The Hall–Kier alpha value is -2.44. The lowest BCUT2D eigenvalue weighted by Gasteiger charge is -2.12. The van der Waals surface area contributed by atoms with E-state index in [9.17, 15) is 14.4 Å². The molecule has 2 rings (SSSR count).